The van der Waals surface area contributed by atoms with Gasteiger partial charge in [0.25, 0.3) is 0 Å². The van der Waals surface area contributed by atoms with Crippen molar-refractivity contribution in [1.29, 1.82) is 0 Å². The Morgan fingerprint density at radius 2 is 1.16 bits per heavy atom. The molecule has 0 aromatic heterocycles. The predicted octanol–water partition coefficient (Wildman–Crippen LogP) is 6.99. The van der Waals surface area contributed by atoms with Crippen molar-refractivity contribution >= 4 is 17.1 Å². The number of phenols is 3. The predicted molar refractivity (Wildman–Crippen MR) is 127 cm³/mol. The van der Waals surface area contributed by atoms with E-state index in [-0.39, 0.29) is 17.2 Å². The maximum atomic E-state index is 10.1. The van der Waals surface area contributed by atoms with E-state index in [1.165, 1.54) is 0 Å². The highest BCUT2D eigenvalue weighted by Gasteiger charge is 2.19. The van der Waals surface area contributed by atoms with Crippen molar-refractivity contribution in [3.63, 3.8) is 0 Å². The number of benzene rings is 4. The summed E-state index contributed by atoms with van der Waals surface area (Å²) >= 11 is 0. The first kappa shape index (κ1) is 21.1. The van der Waals surface area contributed by atoms with Crippen LogP contribution in [0.15, 0.2) is 78.9 Å². The highest BCUT2D eigenvalue weighted by Crippen LogP contribution is 2.44. The quantitative estimate of drug-likeness (QED) is 0.320. The molecule has 0 aliphatic heterocycles. The molecule has 4 aromatic carbocycles. The first-order valence-corrected chi connectivity index (χ1v) is 10.3. The van der Waals surface area contributed by atoms with Gasteiger partial charge in [0.15, 0.2) is 5.75 Å². The number of aryl methyl sites for hydroxylation is 2. The molecule has 4 rings (SSSR count). The highest BCUT2D eigenvalue weighted by atomic mass is 16.5. The van der Waals surface area contributed by atoms with Crippen molar-refractivity contribution < 1.29 is 20.1 Å². The maximum absolute atomic E-state index is 10.1. The Balaban J connectivity index is 1.89. The number of rotatable bonds is 5. The summed E-state index contributed by atoms with van der Waals surface area (Å²) in [7, 11) is 0. The molecule has 0 heterocycles. The Labute approximate surface area is 187 Å². The number of anilines is 3. The number of hydrogen-bond donors (Lipinski definition) is 3. The molecule has 5 nitrogen and oxygen atoms in total. The summed E-state index contributed by atoms with van der Waals surface area (Å²) in [6.45, 7) is 5.49. The van der Waals surface area contributed by atoms with Crippen molar-refractivity contribution in [3.8, 4) is 28.7 Å². The van der Waals surface area contributed by atoms with Gasteiger partial charge in [0.2, 0.25) is 0 Å². The van der Waals surface area contributed by atoms with Crippen molar-refractivity contribution in [2.75, 3.05) is 4.90 Å². The molecule has 5 heteroatoms. The van der Waals surface area contributed by atoms with Crippen LogP contribution in [0.3, 0.4) is 0 Å². The molecule has 0 bridgehead atoms. The first-order valence-electron chi connectivity index (χ1n) is 10.3. The van der Waals surface area contributed by atoms with Crippen LogP contribution < -0.4 is 9.64 Å². The van der Waals surface area contributed by atoms with E-state index in [0.29, 0.717) is 17.1 Å². The molecule has 0 aliphatic rings. The lowest BCUT2D eigenvalue weighted by Gasteiger charge is -2.28. The van der Waals surface area contributed by atoms with Crippen LogP contribution in [0.25, 0.3) is 0 Å². The average molecular weight is 428 g/mol. The zero-order valence-corrected chi connectivity index (χ0v) is 18.2. The minimum absolute atomic E-state index is 0.167. The summed E-state index contributed by atoms with van der Waals surface area (Å²) in [5.74, 6) is 1.75. The van der Waals surface area contributed by atoms with Crippen molar-refractivity contribution in [1.82, 2.24) is 0 Å². The van der Waals surface area contributed by atoms with Gasteiger partial charge in [0, 0.05) is 16.9 Å². The SMILES string of the molecule is Cc1cc(N(c2ccc(O)c(C)c2)c2ccccc2Oc2cccc(O)c2C)ccc1O. The lowest BCUT2D eigenvalue weighted by atomic mass is 10.1. The van der Waals surface area contributed by atoms with Crippen LogP contribution in [0.2, 0.25) is 0 Å². The van der Waals surface area contributed by atoms with Crippen LogP contribution in [-0.2, 0) is 0 Å². The fraction of sp³-hybridized carbons (Fsp3) is 0.111. The van der Waals surface area contributed by atoms with Gasteiger partial charge >= 0.3 is 0 Å². The van der Waals surface area contributed by atoms with Crippen LogP contribution in [0.1, 0.15) is 16.7 Å². The van der Waals surface area contributed by atoms with Gasteiger partial charge in [-0.1, -0.05) is 18.2 Å². The topological polar surface area (TPSA) is 73.2 Å². The van der Waals surface area contributed by atoms with E-state index in [0.717, 1.165) is 28.2 Å². The van der Waals surface area contributed by atoms with Gasteiger partial charge < -0.3 is 25.0 Å². The Kier molecular flexibility index (Phi) is 5.65. The van der Waals surface area contributed by atoms with Gasteiger partial charge in [-0.2, -0.15) is 0 Å². The van der Waals surface area contributed by atoms with E-state index < -0.39 is 0 Å². The third-order valence-electron chi connectivity index (χ3n) is 5.46. The third kappa shape index (κ3) is 4.05. The second kappa shape index (κ2) is 8.55. The fourth-order valence-corrected chi connectivity index (χ4v) is 3.54. The molecule has 0 atom stereocenters. The molecule has 4 aromatic rings. The largest absolute Gasteiger partial charge is 0.508 e. The molecule has 0 amide bonds. The van der Waals surface area contributed by atoms with E-state index >= 15 is 0 Å². The van der Waals surface area contributed by atoms with E-state index in [9.17, 15) is 15.3 Å². The fourth-order valence-electron chi connectivity index (χ4n) is 3.54. The molecular formula is C27H25NO4. The van der Waals surface area contributed by atoms with Gasteiger partial charge in [-0.15, -0.1) is 0 Å². The van der Waals surface area contributed by atoms with E-state index in [2.05, 4.69) is 0 Å². The maximum Gasteiger partial charge on any atom is 0.151 e. The number of phenolic OH excluding ortho intramolecular Hbond substituents is 3. The number of ether oxygens (including phenoxy) is 1. The molecule has 0 radical (unpaired) electrons. The smallest absolute Gasteiger partial charge is 0.151 e. The zero-order chi connectivity index (χ0) is 22.8. The molecule has 32 heavy (non-hydrogen) atoms. The molecule has 0 saturated carbocycles. The van der Waals surface area contributed by atoms with E-state index in [1.54, 1.807) is 31.2 Å². The molecule has 0 saturated heterocycles. The first-order chi connectivity index (χ1) is 15.3. The Bertz CT molecular complexity index is 1230. The van der Waals surface area contributed by atoms with Gasteiger partial charge in [-0.25, -0.2) is 0 Å². The molecular weight excluding hydrogens is 402 g/mol. The monoisotopic (exact) mass is 427 g/mol. The summed E-state index contributed by atoms with van der Waals surface area (Å²) in [6, 6.07) is 23.6. The number of para-hydroxylation sites is 2. The summed E-state index contributed by atoms with van der Waals surface area (Å²) < 4.78 is 6.25. The Hall–Kier alpha value is -4.12. The molecule has 162 valence electrons. The van der Waals surface area contributed by atoms with E-state index in [1.807, 2.05) is 73.3 Å². The summed E-state index contributed by atoms with van der Waals surface area (Å²) in [4.78, 5) is 2.01. The molecule has 0 aliphatic carbocycles. The normalized spacial score (nSPS) is 10.7. The molecule has 0 fully saturated rings. The lowest BCUT2D eigenvalue weighted by Crippen LogP contribution is -2.11. The van der Waals surface area contributed by atoms with Crippen LogP contribution in [0.4, 0.5) is 17.1 Å². The van der Waals surface area contributed by atoms with Crippen molar-refractivity contribution in [2.24, 2.45) is 0 Å². The van der Waals surface area contributed by atoms with Gasteiger partial charge in [-0.05, 0) is 92.6 Å². The van der Waals surface area contributed by atoms with E-state index in [4.69, 9.17) is 4.74 Å². The third-order valence-corrected chi connectivity index (χ3v) is 5.46. The zero-order valence-electron chi connectivity index (χ0n) is 18.2. The lowest BCUT2D eigenvalue weighted by molar-refractivity contribution is 0.448. The van der Waals surface area contributed by atoms with Crippen LogP contribution >= 0.6 is 0 Å². The van der Waals surface area contributed by atoms with Crippen molar-refractivity contribution in [2.45, 2.75) is 20.8 Å². The Morgan fingerprint density at radius 3 is 1.75 bits per heavy atom. The molecule has 0 unspecified atom stereocenters. The second-order valence-corrected chi connectivity index (χ2v) is 7.75. The minimum Gasteiger partial charge on any atom is -0.508 e. The van der Waals surface area contributed by atoms with Crippen LogP contribution in [0.5, 0.6) is 28.7 Å². The van der Waals surface area contributed by atoms with Crippen molar-refractivity contribution in [3.05, 3.63) is 95.6 Å². The highest BCUT2D eigenvalue weighted by molar-refractivity contribution is 5.81. The number of hydrogen-bond acceptors (Lipinski definition) is 5. The summed E-state index contributed by atoms with van der Waals surface area (Å²) in [6.07, 6.45) is 0. The minimum atomic E-state index is 0.167. The molecule has 3 N–H and O–H groups in total. The summed E-state index contributed by atoms with van der Waals surface area (Å²) in [5.41, 5.74) is 4.55. The molecule has 0 spiro atoms. The van der Waals surface area contributed by atoms with Gasteiger partial charge in [-0.3, -0.25) is 0 Å². The summed E-state index contributed by atoms with van der Waals surface area (Å²) in [5, 5.41) is 30.2. The average Bonchev–Trinajstić information content (AvgIpc) is 2.77. The van der Waals surface area contributed by atoms with Crippen LogP contribution in [0, 0.1) is 20.8 Å². The Morgan fingerprint density at radius 1 is 0.594 bits per heavy atom. The number of aromatic hydroxyl groups is 3. The number of nitrogens with zero attached hydrogens (tertiary/aromatic N) is 1. The standard InChI is InChI=1S/C27H25NO4/c1-17-15-20(11-13-23(17)29)28(21-12-14-24(30)18(2)16-21)22-7-4-5-9-27(22)32-26-10-6-8-25(31)19(26)3/h4-16,29-31H,1-3H3. The second-order valence-electron chi connectivity index (χ2n) is 7.75. The van der Waals surface area contributed by atoms with Gasteiger partial charge in [0.1, 0.15) is 23.0 Å². The van der Waals surface area contributed by atoms with Gasteiger partial charge in [0.05, 0.1) is 5.69 Å². The van der Waals surface area contributed by atoms with Crippen LogP contribution in [-0.4, -0.2) is 15.3 Å².